The molecule has 0 saturated carbocycles. The second-order valence-corrected chi connectivity index (χ2v) is 9.20. The molecule has 2 atom stereocenters. The first kappa shape index (κ1) is 26.9. The number of hydrogen-bond acceptors (Lipinski definition) is 3. The van der Waals surface area contributed by atoms with Gasteiger partial charge in [0.05, 0.1) is 6.10 Å². The lowest BCUT2D eigenvalue weighted by molar-refractivity contribution is -0.148. The number of carbonyl (C=O) groups excluding carboxylic acids is 1. The molecule has 1 rings (SSSR count). The third kappa shape index (κ3) is 12.6. The molecule has 1 aliphatic heterocycles. The van der Waals surface area contributed by atoms with Crippen LogP contribution in [0.4, 0.5) is 0 Å². The van der Waals surface area contributed by atoms with Gasteiger partial charge in [-0.3, -0.25) is 4.79 Å². The van der Waals surface area contributed by atoms with E-state index in [0.29, 0.717) is 6.42 Å². The summed E-state index contributed by atoms with van der Waals surface area (Å²) < 4.78 is 0. The van der Waals surface area contributed by atoms with Gasteiger partial charge >= 0.3 is 5.97 Å². The van der Waals surface area contributed by atoms with Crippen LogP contribution in [0, 0.1) is 0 Å². The average molecular weight is 426 g/mol. The van der Waals surface area contributed by atoms with Gasteiger partial charge in [0, 0.05) is 19.4 Å². The summed E-state index contributed by atoms with van der Waals surface area (Å²) in [5, 5.41) is 18.8. The molecule has 2 unspecified atom stereocenters. The van der Waals surface area contributed by atoms with Crippen LogP contribution in [0.25, 0.3) is 0 Å². The van der Waals surface area contributed by atoms with Crippen molar-refractivity contribution in [3.63, 3.8) is 0 Å². The van der Waals surface area contributed by atoms with E-state index in [1.807, 2.05) is 0 Å². The highest BCUT2D eigenvalue weighted by molar-refractivity contribution is 5.84. The monoisotopic (exact) mass is 425 g/mol. The molecule has 5 nitrogen and oxygen atoms in total. The number of aliphatic hydroxyl groups is 1. The number of unbranched alkanes of at least 4 members (excludes halogenated alkanes) is 16. The Hall–Kier alpha value is -1.10. The van der Waals surface area contributed by atoms with Gasteiger partial charge in [-0.1, -0.05) is 110 Å². The summed E-state index contributed by atoms with van der Waals surface area (Å²) in [5.74, 6) is -1.14. The molecule has 0 spiro atoms. The van der Waals surface area contributed by atoms with Gasteiger partial charge in [-0.05, 0) is 6.42 Å². The maximum atomic E-state index is 12.2. The Morgan fingerprint density at radius 3 is 1.53 bits per heavy atom. The van der Waals surface area contributed by atoms with Crippen molar-refractivity contribution in [2.45, 2.75) is 141 Å². The number of likely N-dealkylation sites (tertiary alicyclic amines) is 1. The van der Waals surface area contributed by atoms with Gasteiger partial charge in [-0.25, -0.2) is 4.79 Å². The third-order valence-corrected chi connectivity index (χ3v) is 6.38. The van der Waals surface area contributed by atoms with E-state index < -0.39 is 18.1 Å². The van der Waals surface area contributed by atoms with Crippen molar-refractivity contribution in [1.82, 2.24) is 4.90 Å². The number of nitrogens with zero attached hydrogens (tertiary/aromatic N) is 1. The number of aliphatic hydroxyl groups excluding tert-OH is 1. The number of carboxylic acids is 1. The maximum absolute atomic E-state index is 12.2. The van der Waals surface area contributed by atoms with Crippen LogP contribution >= 0.6 is 0 Å². The zero-order chi connectivity index (χ0) is 22.0. The predicted octanol–water partition coefficient (Wildman–Crippen LogP) is 6.07. The van der Waals surface area contributed by atoms with Crippen LogP contribution in [0.2, 0.25) is 0 Å². The summed E-state index contributed by atoms with van der Waals surface area (Å²) in [6.07, 6.45) is 22.0. The van der Waals surface area contributed by atoms with Crippen molar-refractivity contribution >= 4 is 11.9 Å². The van der Waals surface area contributed by atoms with Gasteiger partial charge in [-0.15, -0.1) is 0 Å². The van der Waals surface area contributed by atoms with Crippen LogP contribution in [0.5, 0.6) is 0 Å². The minimum atomic E-state index is -1.01. The Bertz CT molecular complexity index is 454. The SMILES string of the molecule is CCCCCCCCCCCCCCCCCCCC(=O)N1CC(O)CC1C(=O)O. The van der Waals surface area contributed by atoms with E-state index in [0.717, 1.165) is 19.3 Å². The topological polar surface area (TPSA) is 77.8 Å². The van der Waals surface area contributed by atoms with Crippen molar-refractivity contribution in [3.8, 4) is 0 Å². The molecule has 176 valence electrons. The van der Waals surface area contributed by atoms with Gasteiger partial charge < -0.3 is 15.1 Å². The fraction of sp³-hybridized carbons (Fsp3) is 0.920. The summed E-state index contributed by atoms with van der Waals surface area (Å²) in [4.78, 5) is 24.8. The molecule has 1 amide bonds. The number of hydrogen-bond donors (Lipinski definition) is 2. The molecule has 30 heavy (non-hydrogen) atoms. The fourth-order valence-electron chi connectivity index (χ4n) is 4.47. The molecule has 0 aromatic rings. The summed E-state index contributed by atoms with van der Waals surface area (Å²) in [6.45, 7) is 2.43. The fourth-order valence-corrected chi connectivity index (χ4v) is 4.47. The van der Waals surface area contributed by atoms with Crippen LogP contribution in [-0.2, 0) is 9.59 Å². The van der Waals surface area contributed by atoms with E-state index in [1.54, 1.807) is 0 Å². The van der Waals surface area contributed by atoms with Gasteiger partial charge in [0.25, 0.3) is 0 Å². The number of carbonyl (C=O) groups is 2. The summed E-state index contributed by atoms with van der Waals surface area (Å²) in [7, 11) is 0. The van der Waals surface area contributed by atoms with E-state index in [1.165, 1.54) is 94.8 Å². The van der Waals surface area contributed by atoms with E-state index >= 15 is 0 Å². The summed E-state index contributed by atoms with van der Waals surface area (Å²) >= 11 is 0. The van der Waals surface area contributed by atoms with E-state index in [-0.39, 0.29) is 18.9 Å². The molecule has 5 heteroatoms. The van der Waals surface area contributed by atoms with Crippen LogP contribution in [0.3, 0.4) is 0 Å². The largest absolute Gasteiger partial charge is 0.480 e. The van der Waals surface area contributed by atoms with Crippen molar-refractivity contribution in [2.24, 2.45) is 0 Å². The Kier molecular flexibility index (Phi) is 15.8. The molecule has 2 N–H and O–H groups in total. The first-order chi connectivity index (χ1) is 14.6. The Morgan fingerprint density at radius 1 is 0.733 bits per heavy atom. The number of aliphatic carboxylic acids is 1. The molecular weight excluding hydrogens is 378 g/mol. The van der Waals surface area contributed by atoms with Crippen molar-refractivity contribution in [2.75, 3.05) is 6.54 Å². The van der Waals surface area contributed by atoms with Gasteiger partial charge in [0.1, 0.15) is 6.04 Å². The molecule has 1 saturated heterocycles. The first-order valence-corrected chi connectivity index (χ1v) is 12.8. The quantitative estimate of drug-likeness (QED) is 0.246. The van der Waals surface area contributed by atoms with Crippen molar-refractivity contribution in [3.05, 3.63) is 0 Å². The van der Waals surface area contributed by atoms with Crippen LogP contribution in [0.15, 0.2) is 0 Å². The normalized spacial score (nSPS) is 18.8. The number of rotatable bonds is 19. The lowest BCUT2D eigenvalue weighted by atomic mass is 10.0. The van der Waals surface area contributed by atoms with Gasteiger partial charge in [-0.2, -0.15) is 0 Å². The molecule has 0 aliphatic carbocycles. The number of carboxylic acid groups (broad SMARTS) is 1. The molecular formula is C25H47NO4. The Labute approximate surface area is 184 Å². The molecule has 0 aromatic carbocycles. The minimum absolute atomic E-state index is 0.125. The number of β-amino-alcohol motifs (C(OH)–C–C–N with tert-alkyl or cyclic N) is 1. The zero-order valence-electron chi connectivity index (χ0n) is 19.5. The second-order valence-electron chi connectivity index (χ2n) is 9.20. The molecule has 0 aromatic heterocycles. The van der Waals surface area contributed by atoms with E-state index in [9.17, 15) is 14.7 Å². The third-order valence-electron chi connectivity index (χ3n) is 6.38. The minimum Gasteiger partial charge on any atom is -0.480 e. The standard InChI is InChI=1S/C25H47NO4/c1-2-3-4-5-6-7-8-9-10-11-12-13-14-15-16-17-18-19-24(28)26-21-22(27)20-23(26)25(29)30/h22-23,27H,2-21H2,1H3,(H,29,30). The summed E-state index contributed by atoms with van der Waals surface area (Å²) in [5.41, 5.74) is 0. The summed E-state index contributed by atoms with van der Waals surface area (Å²) in [6, 6.07) is -0.849. The van der Waals surface area contributed by atoms with Crippen LogP contribution in [-0.4, -0.2) is 45.7 Å². The smallest absolute Gasteiger partial charge is 0.326 e. The maximum Gasteiger partial charge on any atom is 0.326 e. The molecule has 1 heterocycles. The van der Waals surface area contributed by atoms with Crippen LogP contribution < -0.4 is 0 Å². The van der Waals surface area contributed by atoms with Crippen molar-refractivity contribution in [1.29, 1.82) is 0 Å². The zero-order valence-corrected chi connectivity index (χ0v) is 19.5. The average Bonchev–Trinajstić information content (AvgIpc) is 3.12. The Balaban J connectivity index is 1.84. The predicted molar refractivity (Wildman–Crippen MR) is 123 cm³/mol. The van der Waals surface area contributed by atoms with E-state index in [2.05, 4.69) is 6.92 Å². The van der Waals surface area contributed by atoms with E-state index in [4.69, 9.17) is 5.11 Å². The Morgan fingerprint density at radius 2 is 1.13 bits per heavy atom. The van der Waals surface area contributed by atoms with Gasteiger partial charge in [0.15, 0.2) is 0 Å². The van der Waals surface area contributed by atoms with Crippen molar-refractivity contribution < 1.29 is 19.8 Å². The molecule has 1 aliphatic rings. The first-order valence-electron chi connectivity index (χ1n) is 12.8. The lowest BCUT2D eigenvalue weighted by Crippen LogP contribution is -2.40. The highest BCUT2D eigenvalue weighted by Gasteiger charge is 2.38. The second kappa shape index (κ2) is 17.6. The van der Waals surface area contributed by atoms with Gasteiger partial charge in [0.2, 0.25) is 5.91 Å². The lowest BCUT2D eigenvalue weighted by Gasteiger charge is -2.21. The highest BCUT2D eigenvalue weighted by Crippen LogP contribution is 2.20. The molecule has 1 fully saturated rings. The molecule has 0 radical (unpaired) electrons. The highest BCUT2D eigenvalue weighted by atomic mass is 16.4. The number of amides is 1. The van der Waals surface area contributed by atoms with Crippen LogP contribution in [0.1, 0.15) is 129 Å². The molecule has 0 bridgehead atoms.